The van der Waals surface area contributed by atoms with Gasteiger partial charge in [-0.15, -0.1) is 0 Å². The van der Waals surface area contributed by atoms with Crippen molar-refractivity contribution in [2.24, 2.45) is 0 Å². The molecule has 0 fully saturated rings. The minimum absolute atomic E-state index is 0. The Morgan fingerprint density at radius 2 is 1.05 bits per heavy atom. The Kier molecular flexibility index (Phi) is 46.5. The van der Waals surface area contributed by atoms with Gasteiger partial charge in [-0.05, 0) is 0 Å². The van der Waals surface area contributed by atoms with Crippen molar-refractivity contribution in [2.75, 3.05) is 0 Å². The molecule has 0 aromatic carbocycles. The molecule has 0 amide bonds. The summed E-state index contributed by atoms with van der Waals surface area (Å²) in [5, 5.41) is 38.9. The van der Waals surface area contributed by atoms with Crippen LogP contribution in [0, 0.1) is 0 Å². The van der Waals surface area contributed by atoms with E-state index in [0.29, 0.717) is 0 Å². The van der Waals surface area contributed by atoms with Crippen molar-refractivity contribution in [1.29, 1.82) is 0 Å². The molecule has 0 heterocycles. The van der Waals surface area contributed by atoms with Crippen molar-refractivity contribution in [2.45, 2.75) is 18.4 Å². The summed E-state index contributed by atoms with van der Waals surface area (Å²) in [5.74, 6) is -5.98. The Morgan fingerprint density at radius 3 is 1.16 bits per heavy atom. The van der Waals surface area contributed by atoms with Gasteiger partial charge >= 0.3 is 126 Å². The van der Waals surface area contributed by atoms with Crippen LogP contribution < -0.4 is 104 Å². The van der Waals surface area contributed by atoms with Crippen molar-refractivity contribution in [3.05, 3.63) is 0 Å². The summed E-state index contributed by atoms with van der Waals surface area (Å²) in [5.41, 5.74) is -2.97. The Labute approximate surface area is 205 Å². The molecular weight excluding hydrogens is 325 g/mol. The first kappa shape index (κ1) is 43.0. The van der Waals surface area contributed by atoms with E-state index in [1.54, 1.807) is 0 Å². The van der Waals surface area contributed by atoms with Crippen LogP contribution in [0.5, 0.6) is 0 Å². The molecule has 0 aromatic heterocycles. The second kappa shape index (κ2) is 20.5. The maximum Gasteiger partial charge on any atom is 1.00 e. The molecule has 9 nitrogen and oxygen atoms in total. The summed E-state index contributed by atoms with van der Waals surface area (Å²) in [6, 6.07) is 0. The third-order valence-corrected chi connectivity index (χ3v) is 1.25. The van der Waals surface area contributed by atoms with Crippen LogP contribution in [0.25, 0.3) is 0 Å². The van der Waals surface area contributed by atoms with Gasteiger partial charge < -0.3 is 45.8 Å². The Bertz CT molecular complexity index is 246. The number of carboxylic acid groups (broad SMARTS) is 3. The molecule has 0 radical (unpaired) electrons. The van der Waals surface area contributed by atoms with Gasteiger partial charge in [0, 0.05) is 24.8 Å². The van der Waals surface area contributed by atoms with Crippen molar-refractivity contribution in [3.63, 3.8) is 0 Å². The van der Waals surface area contributed by atoms with E-state index in [4.69, 9.17) is 5.11 Å². The largest absolute Gasteiger partial charge is 1.00 e. The van der Waals surface area contributed by atoms with E-state index in [9.17, 15) is 29.7 Å². The number of rotatable bonds is 5. The smallest absolute Gasteiger partial charge is 1.00 e. The summed E-state index contributed by atoms with van der Waals surface area (Å²) in [7, 11) is 0. The van der Waals surface area contributed by atoms with E-state index >= 15 is 0 Å². The number of hydrogen-bond acceptors (Lipinski definition) is 7. The van der Waals surface area contributed by atoms with Crippen molar-refractivity contribution in [1.82, 2.24) is 0 Å². The summed E-state index contributed by atoms with van der Waals surface area (Å²) in [4.78, 5) is 30.0. The molecule has 0 atom stereocenters. The molecule has 0 aromatic rings. The summed E-state index contributed by atoms with van der Waals surface area (Å²) >= 11 is 0. The van der Waals surface area contributed by atoms with Crippen LogP contribution in [0.3, 0.4) is 0 Å². The molecule has 5 N–H and O–H groups in total. The number of hydrogen-bond donors (Lipinski definition) is 1. The van der Waals surface area contributed by atoms with Gasteiger partial charge in [-0.2, -0.15) is 0 Å². The van der Waals surface area contributed by atoms with Crippen molar-refractivity contribution in [3.8, 4) is 0 Å². The molecule has 0 spiro atoms. The Balaban J connectivity index is -0.0000000480. The topological polar surface area (TPSA) is 204 Å². The first-order chi connectivity index (χ1) is 5.78. The zero-order chi connectivity index (χ0) is 10.6. The fourth-order valence-electron chi connectivity index (χ4n) is 0.684. The zero-order valence-electron chi connectivity index (χ0n) is 10.3. The normalized spacial score (nSPS) is 7.42. The van der Waals surface area contributed by atoms with Gasteiger partial charge in [-0.25, -0.2) is 0 Å². The van der Waals surface area contributed by atoms with Gasteiger partial charge in [0.25, 0.3) is 0 Å². The van der Waals surface area contributed by atoms with Gasteiger partial charge in [0.1, 0.15) is 5.60 Å². The molecule has 0 aliphatic carbocycles. The predicted octanol–water partition coefficient (Wildman–Crippen LogP) is -16.8. The third kappa shape index (κ3) is 20.5. The molecule has 19 heavy (non-hydrogen) atoms. The van der Waals surface area contributed by atoms with Crippen molar-refractivity contribution < 1.29 is 134 Å². The van der Waals surface area contributed by atoms with Crippen LogP contribution in [-0.4, -0.2) is 77.3 Å². The minimum atomic E-state index is -2.97. The number of carbonyl (C=O) groups excluding carboxylic acids is 3. The first-order valence-corrected chi connectivity index (χ1v) is 3.11. The second-order valence-corrected chi connectivity index (χ2v) is 2.42. The summed E-state index contributed by atoms with van der Waals surface area (Å²) in [6.45, 7) is 0. The second-order valence-electron chi connectivity index (χ2n) is 2.42. The van der Waals surface area contributed by atoms with Crippen LogP contribution in [0.2, 0.25) is 0 Å². The fourth-order valence-corrected chi connectivity index (χ4v) is 0.684. The van der Waals surface area contributed by atoms with Gasteiger partial charge in [0.05, 0.1) is 5.97 Å². The van der Waals surface area contributed by atoms with Gasteiger partial charge in [0.2, 0.25) is 0 Å². The zero-order valence-corrected chi connectivity index (χ0v) is 16.3. The Hall–Kier alpha value is 2.55. The van der Waals surface area contributed by atoms with Crippen LogP contribution in [0.15, 0.2) is 0 Å². The van der Waals surface area contributed by atoms with Crippen molar-refractivity contribution >= 4 is 55.6 Å². The number of carboxylic acids is 3. The summed E-state index contributed by atoms with van der Waals surface area (Å²) < 4.78 is 0. The van der Waals surface area contributed by atoms with Crippen LogP contribution in [-0.2, 0) is 14.4 Å². The van der Waals surface area contributed by atoms with Crippen LogP contribution >= 0.6 is 0 Å². The quantitative estimate of drug-likeness (QED) is 0.479. The average Bonchev–Trinajstić information content (AvgIpc) is 1.82. The monoisotopic (exact) mass is 336 g/mol. The third-order valence-electron chi connectivity index (χ3n) is 1.25. The average molecular weight is 336 g/mol. The molecule has 0 saturated carbocycles. The Morgan fingerprint density at radius 1 is 0.842 bits per heavy atom. The minimum Gasteiger partial charge on any atom is 1.00 e. The molecule has 0 unspecified atom stereocenters. The molecule has 0 aliphatic heterocycles. The molecule has 0 aliphatic rings. The molecule has 0 rings (SSSR count). The molecule has 13 heteroatoms. The van der Waals surface area contributed by atoms with E-state index in [1.807, 2.05) is 0 Å². The number of carbonyl (C=O) groups is 3. The summed E-state index contributed by atoms with van der Waals surface area (Å²) in [6.07, 6.45) is -2.72. The van der Waals surface area contributed by atoms with Gasteiger partial charge in [-0.3, -0.25) is 0 Å². The standard InChI is InChI=1S/C6H8O7.Ca.3Na.2H2O.2H/c7-3(8)1-6(13,5(11)12)2-4(9)10;;;;;;;;/h13H,1-2H2,(H,7,8)(H,9,10)(H,11,12);;;;;2*1H2;;/q;;3*+1;;;;/p-3. The van der Waals surface area contributed by atoms with E-state index in [0.717, 1.165) is 0 Å². The first-order valence-electron chi connectivity index (χ1n) is 3.11. The van der Waals surface area contributed by atoms with E-state index in [1.165, 1.54) is 0 Å². The fraction of sp³-hybridized carbons (Fsp3) is 0.500. The maximum atomic E-state index is 10.1. The number of aliphatic carboxylic acids is 3. The van der Waals surface area contributed by atoms with E-state index in [2.05, 4.69) is 0 Å². The maximum absolute atomic E-state index is 10.1. The SMILES string of the molecule is O.O.O=C([O-])CC(O)(CC(=O)[O-])C(=O)[O-].[CaH2].[Na+].[Na+].[Na+]. The van der Waals surface area contributed by atoms with E-state index in [-0.39, 0.29) is 137 Å². The molecule has 94 valence electrons. The van der Waals surface area contributed by atoms with E-state index < -0.39 is 36.4 Å². The van der Waals surface area contributed by atoms with Gasteiger partial charge in [0.15, 0.2) is 0 Å². The molecule has 0 saturated heterocycles. The molecular formula is C6H11CaNa3O9. The predicted molar refractivity (Wildman–Crippen MR) is 45.0 cm³/mol. The number of aliphatic hydroxyl groups is 1. The van der Waals surface area contributed by atoms with Gasteiger partial charge in [-0.1, -0.05) is 0 Å². The molecule has 0 bridgehead atoms. The van der Waals surface area contributed by atoms with Crippen LogP contribution in [0.1, 0.15) is 12.8 Å². The van der Waals surface area contributed by atoms with Crippen LogP contribution in [0.4, 0.5) is 0 Å².